The molecule has 2 aliphatic rings. The molecular weight excluding hydrogens is 440 g/mol. The second-order valence-electron chi connectivity index (χ2n) is 11.3. The van der Waals surface area contributed by atoms with E-state index < -0.39 is 6.10 Å². The van der Waals surface area contributed by atoms with Gasteiger partial charge in [-0.1, -0.05) is 58.0 Å². The normalized spacial score (nSPS) is 21.1. The molecule has 2 atom stereocenters. The number of fused-ring (bicyclic) bond motifs is 1. The van der Waals surface area contributed by atoms with Gasteiger partial charge in [0.25, 0.3) is 0 Å². The van der Waals surface area contributed by atoms with Crippen molar-refractivity contribution >= 4 is 5.97 Å². The van der Waals surface area contributed by atoms with Gasteiger partial charge in [0.15, 0.2) is 0 Å². The van der Waals surface area contributed by atoms with E-state index in [0.29, 0.717) is 25.9 Å². The average Bonchev–Trinajstić information content (AvgIpc) is 3.09. The highest BCUT2D eigenvalue weighted by Gasteiger charge is 2.39. The summed E-state index contributed by atoms with van der Waals surface area (Å²) in [5.41, 5.74) is 5.67. The molecule has 0 saturated carbocycles. The Bertz CT molecular complexity index is 1050. The van der Waals surface area contributed by atoms with Crippen LogP contribution in [-0.2, 0) is 29.0 Å². The quantitative estimate of drug-likeness (QED) is 0.454. The second kappa shape index (κ2) is 10.2. The van der Waals surface area contributed by atoms with Crippen molar-refractivity contribution in [2.24, 2.45) is 0 Å². The van der Waals surface area contributed by atoms with Gasteiger partial charge in [0.2, 0.25) is 0 Å². The summed E-state index contributed by atoms with van der Waals surface area (Å²) >= 11 is 0. The third-order valence-electron chi connectivity index (χ3n) is 7.00. The van der Waals surface area contributed by atoms with Gasteiger partial charge in [-0.2, -0.15) is 0 Å². The molecule has 5 heteroatoms. The molecule has 0 spiro atoms. The molecule has 2 aromatic rings. The second-order valence-corrected chi connectivity index (χ2v) is 11.3. The molecule has 0 bridgehead atoms. The van der Waals surface area contributed by atoms with Crippen LogP contribution in [-0.4, -0.2) is 28.9 Å². The molecule has 1 N–H and O–H groups in total. The number of esters is 1. The van der Waals surface area contributed by atoms with Crippen LogP contribution in [0.1, 0.15) is 100 Å². The van der Waals surface area contributed by atoms with E-state index in [-0.39, 0.29) is 35.9 Å². The summed E-state index contributed by atoms with van der Waals surface area (Å²) in [6.45, 7) is 13.6. The van der Waals surface area contributed by atoms with E-state index in [2.05, 4.69) is 53.7 Å². The molecule has 0 unspecified atom stereocenters. The number of hydrogen-bond donors (Lipinski definition) is 1. The maximum atomic E-state index is 11.9. The van der Waals surface area contributed by atoms with Gasteiger partial charge in [0.1, 0.15) is 29.8 Å². The molecule has 35 heavy (non-hydrogen) atoms. The van der Waals surface area contributed by atoms with Crippen molar-refractivity contribution in [3.63, 3.8) is 0 Å². The SMILES string of the molecule is CC(C)c1c(CC[C@H]2C[C@H](O)CC(=O)O2)c2c(c(C(C)C)c1OCc1ccccc1)CC(C)(C)O2. The molecule has 4 rings (SSSR count). The highest BCUT2D eigenvalue weighted by Crippen LogP contribution is 2.51. The molecule has 0 radical (unpaired) electrons. The van der Waals surface area contributed by atoms with Gasteiger partial charge in [-0.15, -0.1) is 0 Å². The lowest BCUT2D eigenvalue weighted by molar-refractivity contribution is -0.160. The molecule has 2 heterocycles. The van der Waals surface area contributed by atoms with Crippen LogP contribution < -0.4 is 9.47 Å². The summed E-state index contributed by atoms with van der Waals surface area (Å²) < 4.78 is 18.8. The number of carbonyl (C=O) groups is 1. The van der Waals surface area contributed by atoms with Crippen molar-refractivity contribution in [2.45, 2.75) is 110 Å². The Kier molecular flexibility index (Phi) is 7.46. The Morgan fingerprint density at radius 3 is 2.40 bits per heavy atom. The minimum Gasteiger partial charge on any atom is -0.488 e. The van der Waals surface area contributed by atoms with Crippen LogP contribution in [0, 0.1) is 0 Å². The predicted octanol–water partition coefficient (Wildman–Crippen LogP) is 6.23. The summed E-state index contributed by atoms with van der Waals surface area (Å²) in [4.78, 5) is 11.9. The minimum atomic E-state index is -0.625. The topological polar surface area (TPSA) is 65.0 Å². The number of aliphatic hydroxyl groups excluding tert-OH is 1. The van der Waals surface area contributed by atoms with Gasteiger partial charge in [-0.3, -0.25) is 4.79 Å². The molecule has 0 aliphatic carbocycles. The molecule has 1 saturated heterocycles. The third-order valence-corrected chi connectivity index (χ3v) is 7.00. The zero-order valence-electron chi connectivity index (χ0n) is 22.0. The average molecular weight is 481 g/mol. The minimum absolute atomic E-state index is 0.0843. The lowest BCUT2D eigenvalue weighted by Crippen LogP contribution is -2.33. The van der Waals surface area contributed by atoms with Gasteiger partial charge in [-0.25, -0.2) is 0 Å². The van der Waals surface area contributed by atoms with Gasteiger partial charge in [0, 0.05) is 35.1 Å². The lowest BCUT2D eigenvalue weighted by Gasteiger charge is -2.29. The molecule has 0 amide bonds. The highest BCUT2D eigenvalue weighted by molar-refractivity contribution is 5.71. The van der Waals surface area contributed by atoms with E-state index in [0.717, 1.165) is 29.0 Å². The van der Waals surface area contributed by atoms with Crippen LogP contribution in [0.25, 0.3) is 0 Å². The number of ether oxygens (including phenoxy) is 3. The van der Waals surface area contributed by atoms with Crippen LogP contribution in [0.15, 0.2) is 30.3 Å². The van der Waals surface area contributed by atoms with E-state index in [9.17, 15) is 9.90 Å². The molecule has 2 aliphatic heterocycles. The van der Waals surface area contributed by atoms with Crippen molar-refractivity contribution < 1.29 is 24.1 Å². The smallest absolute Gasteiger partial charge is 0.308 e. The van der Waals surface area contributed by atoms with Crippen LogP contribution in [0.2, 0.25) is 0 Å². The van der Waals surface area contributed by atoms with Crippen molar-refractivity contribution in [2.75, 3.05) is 0 Å². The van der Waals surface area contributed by atoms with E-state index in [1.165, 1.54) is 16.7 Å². The molecule has 1 fully saturated rings. The highest BCUT2D eigenvalue weighted by atomic mass is 16.5. The third kappa shape index (κ3) is 5.66. The Labute approximate surface area is 209 Å². The van der Waals surface area contributed by atoms with Gasteiger partial charge in [0.05, 0.1) is 12.5 Å². The molecule has 5 nitrogen and oxygen atoms in total. The number of hydrogen-bond acceptors (Lipinski definition) is 5. The molecule has 0 aromatic heterocycles. The van der Waals surface area contributed by atoms with Crippen LogP contribution >= 0.6 is 0 Å². The van der Waals surface area contributed by atoms with Crippen molar-refractivity contribution in [1.82, 2.24) is 0 Å². The Balaban J connectivity index is 1.77. The van der Waals surface area contributed by atoms with Crippen LogP contribution in [0.5, 0.6) is 11.5 Å². The van der Waals surface area contributed by atoms with Crippen LogP contribution in [0.3, 0.4) is 0 Å². The first kappa shape index (κ1) is 25.6. The van der Waals surface area contributed by atoms with Crippen LogP contribution in [0.4, 0.5) is 0 Å². The summed E-state index contributed by atoms with van der Waals surface area (Å²) in [6.07, 6.45) is 1.85. The Hall–Kier alpha value is -2.53. The number of rotatable bonds is 8. The van der Waals surface area contributed by atoms with Gasteiger partial charge in [-0.05, 0) is 44.1 Å². The van der Waals surface area contributed by atoms with Crippen molar-refractivity contribution in [3.05, 3.63) is 58.1 Å². The summed E-state index contributed by atoms with van der Waals surface area (Å²) in [6, 6.07) is 10.3. The maximum Gasteiger partial charge on any atom is 0.308 e. The summed E-state index contributed by atoms with van der Waals surface area (Å²) in [5.74, 6) is 2.16. The van der Waals surface area contributed by atoms with E-state index in [1.807, 2.05) is 18.2 Å². The first-order valence-electron chi connectivity index (χ1n) is 13.0. The first-order valence-corrected chi connectivity index (χ1v) is 13.0. The maximum absolute atomic E-state index is 11.9. The summed E-state index contributed by atoms with van der Waals surface area (Å²) in [7, 11) is 0. The lowest BCUT2D eigenvalue weighted by atomic mass is 9.82. The number of aliphatic hydroxyl groups is 1. The Morgan fingerprint density at radius 2 is 1.77 bits per heavy atom. The first-order chi connectivity index (χ1) is 16.6. The van der Waals surface area contributed by atoms with Crippen molar-refractivity contribution in [3.8, 4) is 11.5 Å². The Morgan fingerprint density at radius 1 is 1.09 bits per heavy atom. The molecule has 2 aromatic carbocycles. The van der Waals surface area contributed by atoms with Crippen molar-refractivity contribution in [1.29, 1.82) is 0 Å². The fraction of sp³-hybridized carbons (Fsp3) is 0.567. The zero-order chi connectivity index (χ0) is 25.3. The number of cyclic esters (lactones) is 1. The monoisotopic (exact) mass is 480 g/mol. The zero-order valence-corrected chi connectivity index (χ0v) is 22.0. The summed E-state index contributed by atoms with van der Waals surface area (Å²) in [5, 5.41) is 10.1. The number of carbonyl (C=O) groups excluding carboxylic acids is 1. The molecular formula is C30H40O5. The van der Waals surface area contributed by atoms with E-state index in [4.69, 9.17) is 14.2 Å². The number of benzene rings is 2. The predicted molar refractivity (Wildman–Crippen MR) is 137 cm³/mol. The van der Waals surface area contributed by atoms with E-state index in [1.54, 1.807) is 0 Å². The fourth-order valence-electron chi connectivity index (χ4n) is 5.58. The van der Waals surface area contributed by atoms with Gasteiger partial charge >= 0.3 is 5.97 Å². The van der Waals surface area contributed by atoms with E-state index >= 15 is 0 Å². The van der Waals surface area contributed by atoms with Gasteiger partial charge < -0.3 is 19.3 Å². The molecule has 190 valence electrons. The standard InChI is InChI=1S/C30H40O5/c1-18(2)26-23(13-12-22-14-21(31)15-25(32)34-22)28-24(16-30(5,6)35-28)27(19(3)4)29(26)33-17-20-10-8-7-9-11-20/h7-11,18-19,21-22,31H,12-17H2,1-6H3/t21-,22-/m0/s1. The fourth-order valence-corrected chi connectivity index (χ4v) is 5.58. The largest absolute Gasteiger partial charge is 0.488 e.